The van der Waals surface area contributed by atoms with Gasteiger partial charge in [0.2, 0.25) is 11.8 Å². The van der Waals surface area contributed by atoms with Crippen molar-refractivity contribution in [3.63, 3.8) is 0 Å². The maximum absolute atomic E-state index is 14.4. The maximum Gasteiger partial charge on any atom is 0.407 e. The smallest absolute Gasteiger partial charge is 0.407 e. The fourth-order valence-electron chi connectivity index (χ4n) is 7.46. The zero-order chi connectivity index (χ0) is 33.7. The number of hydrogen-bond acceptors (Lipinski definition) is 9. The number of carbonyl (C=O) groups is 3. The molecule has 2 fully saturated rings. The van der Waals surface area contributed by atoms with Gasteiger partial charge in [-0.05, 0) is 68.4 Å². The highest BCUT2D eigenvalue weighted by atomic mass is 16.6. The number of ether oxygens (including phenoxy) is 5. The average molecular weight is 654 g/mol. The molecular weight excluding hydrogens is 602 g/mol. The quantitative estimate of drug-likeness (QED) is 0.387. The molecule has 3 aliphatic rings. The lowest BCUT2D eigenvalue weighted by molar-refractivity contribution is -0.152. The summed E-state index contributed by atoms with van der Waals surface area (Å²) in [5.41, 5.74) is 2.44. The number of benzene rings is 1. The maximum atomic E-state index is 14.4. The Morgan fingerprint density at radius 3 is 2.55 bits per heavy atom. The van der Waals surface area contributed by atoms with Crippen molar-refractivity contribution in [1.29, 1.82) is 0 Å². The molecule has 0 radical (unpaired) electrons. The molecule has 47 heavy (non-hydrogen) atoms. The van der Waals surface area contributed by atoms with Gasteiger partial charge in [0.1, 0.15) is 29.7 Å². The summed E-state index contributed by atoms with van der Waals surface area (Å²) in [6, 6.07) is 2.20. The van der Waals surface area contributed by atoms with Crippen LogP contribution in [-0.2, 0) is 31.9 Å². The molecular formula is C36H51N3O8. The standard InChI is InChI=1S/C36H51N3O8/c1-7-25-31-26-17-23(32(25)43-5)15-12-16-36(3,4)21-46-35(42)38-30(22-13-10-9-11-14-22)33(40)39-20-24(18-27(39)34(41)44-6)47-28(26)19-29(37-31)45-8-2/h17,19,22,24,27,30H,7-16,18,20-21H2,1-6H3,(H,38,42)/t24-,27+,30+/m1/s1. The summed E-state index contributed by atoms with van der Waals surface area (Å²) >= 11 is 0. The van der Waals surface area contributed by atoms with Crippen LogP contribution in [0, 0.1) is 11.3 Å². The summed E-state index contributed by atoms with van der Waals surface area (Å²) < 4.78 is 29.5. The van der Waals surface area contributed by atoms with E-state index >= 15 is 0 Å². The number of alkyl carbamates (subject to hydrolysis) is 1. The number of hydrogen-bond donors (Lipinski definition) is 1. The lowest BCUT2D eigenvalue weighted by Gasteiger charge is -2.34. The normalized spacial score (nSPS) is 24.1. The molecule has 1 aliphatic carbocycles. The summed E-state index contributed by atoms with van der Waals surface area (Å²) in [6.07, 6.45) is 6.86. The predicted molar refractivity (Wildman–Crippen MR) is 177 cm³/mol. The summed E-state index contributed by atoms with van der Waals surface area (Å²) in [5, 5.41) is 3.75. The van der Waals surface area contributed by atoms with Gasteiger partial charge in [0.05, 0.1) is 39.5 Å². The van der Waals surface area contributed by atoms with Crippen molar-refractivity contribution in [1.82, 2.24) is 15.2 Å². The highest BCUT2D eigenvalue weighted by molar-refractivity contribution is 5.92. The molecule has 2 amide bonds. The average Bonchev–Trinajstić information content (AvgIpc) is 3.49. The third kappa shape index (κ3) is 7.70. The number of aromatic nitrogens is 1. The van der Waals surface area contributed by atoms with Crippen LogP contribution in [0.3, 0.4) is 0 Å². The van der Waals surface area contributed by atoms with Gasteiger partial charge < -0.3 is 33.9 Å². The second kappa shape index (κ2) is 15.0. The Bertz CT molecular complexity index is 1450. The summed E-state index contributed by atoms with van der Waals surface area (Å²) in [4.78, 5) is 47.2. The van der Waals surface area contributed by atoms with Crippen molar-refractivity contribution in [2.24, 2.45) is 11.3 Å². The van der Waals surface area contributed by atoms with Gasteiger partial charge in [-0.1, -0.05) is 40.0 Å². The molecule has 2 aromatic rings. The number of cyclic esters (lactones) is 1. The molecule has 4 bridgehead atoms. The van der Waals surface area contributed by atoms with E-state index in [9.17, 15) is 14.4 Å². The number of carbonyl (C=O) groups excluding carboxylic acids is 3. The number of esters is 1. The minimum absolute atomic E-state index is 0.0561. The number of fused-ring (bicyclic) bond motifs is 3. The molecule has 5 rings (SSSR count). The predicted octanol–water partition coefficient (Wildman–Crippen LogP) is 5.76. The highest BCUT2D eigenvalue weighted by Crippen LogP contribution is 2.40. The van der Waals surface area contributed by atoms with Crippen LogP contribution in [0.4, 0.5) is 4.79 Å². The summed E-state index contributed by atoms with van der Waals surface area (Å²) in [5.74, 6) is 0.917. The van der Waals surface area contributed by atoms with E-state index in [1.807, 2.05) is 6.92 Å². The van der Waals surface area contributed by atoms with E-state index in [1.165, 1.54) is 12.0 Å². The second-order valence-corrected chi connectivity index (χ2v) is 13.8. The molecule has 0 spiro atoms. The number of nitrogens with zero attached hydrogens (tertiary/aromatic N) is 2. The Balaban J connectivity index is 1.61. The third-order valence-electron chi connectivity index (χ3n) is 9.88. The first-order valence-electron chi connectivity index (χ1n) is 17.2. The number of aryl methyl sites for hydroxylation is 2. The minimum atomic E-state index is -0.858. The van der Waals surface area contributed by atoms with Crippen LogP contribution < -0.4 is 19.5 Å². The van der Waals surface area contributed by atoms with Crippen molar-refractivity contribution < 1.29 is 38.1 Å². The van der Waals surface area contributed by atoms with E-state index < -0.39 is 30.3 Å². The van der Waals surface area contributed by atoms with Gasteiger partial charge in [-0.25, -0.2) is 14.6 Å². The van der Waals surface area contributed by atoms with Gasteiger partial charge in [-0.3, -0.25) is 4.79 Å². The van der Waals surface area contributed by atoms with Crippen LogP contribution in [-0.4, -0.2) is 80.0 Å². The molecule has 0 unspecified atom stereocenters. The van der Waals surface area contributed by atoms with Crippen LogP contribution in [0.15, 0.2) is 12.1 Å². The first-order chi connectivity index (χ1) is 22.6. The van der Waals surface area contributed by atoms with Crippen molar-refractivity contribution in [2.45, 2.75) is 110 Å². The Morgan fingerprint density at radius 2 is 1.87 bits per heavy atom. The molecule has 1 N–H and O–H groups in total. The number of pyridine rings is 1. The fraction of sp³-hybridized carbons (Fsp3) is 0.667. The Labute approximate surface area is 278 Å². The SMILES string of the molecule is CCOc1cc2c3cc(c(OC)c(CC)c3n1)CCCC(C)(C)COC(=O)N[C@@H](C1CCCCC1)C(=O)N1C[C@@H](C[C@H]1C(=O)OC)O2. The summed E-state index contributed by atoms with van der Waals surface area (Å²) in [7, 11) is 3.00. The van der Waals surface area contributed by atoms with Gasteiger partial charge in [0, 0.05) is 23.4 Å². The number of amides is 2. The van der Waals surface area contributed by atoms with Crippen molar-refractivity contribution in [3.8, 4) is 17.4 Å². The van der Waals surface area contributed by atoms with Gasteiger partial charge >= 0.3 is 12.1 Å². The zero-order valence-corrected chi connectivity index (χ0v) is 28.8. The van der Waals surface area contributed by atoms with Crippen LogP contribution in [0.25, 0.3) is 10.9 Å². The molecule has 258 valence electrons. The van der Waals surface area contributed by atoms with Crippen LogP contribution in [0.1, 0.15) is 90.2 Å². The number of nitrogens with one attached hydrogen (secondary N) is 1. The molecule has 1 aromatic carbocycles. The lowest BCUT2D eigenvalue weighted by atomic mass is 9.83. The highest BCUT2D eigenvalue weighted by Gasteiger charge is 2.46. The van der Waals surface area contributed by atoms with Crippen molar-refractivity contribution in [2.75, 3.05) is 34.0 Å². The largest absolute Gasteiger partial charge is 0.496 e. The monoisotopic (exact) mass is 653 g/mol. The molecule has 3 heterocycles. The van der Waals surface area contributed by atoms with Crippen molar-refractivity contribution in [3.05, 3.63) is 23.3 Å². The second-order valence-electron chi connectivity index (χ2n) is 13.8. The first-order valence-corrected chi connectivity index (χ1v) is 17.2. The van der Waals surface area contributed by atoms with Gasteiger partial charge in [-0.15, -0.1) is 0 Å². The molecule has 11 heteroatoms. The van der Waals surface area contributed by atoms with Gasteiger partial charge in [0.15, 0.2) is 0 Å². The number of methoxy groups -OCH3 is 2. The van der Waals surface area contributed by atoms with E-state index in [0.29, 0.717) is 24.7 Å². The fourth-order valence-corrected chi connectivity index (χ4v) is 7.46. The molecule has 1 saturated heterocycles. The molecule has 1 saturated carbocycles. The molecule has 11 nitrogen and oxygen atoms in total. The van der Waals surface area contributed by atoms with Crippen molar-refractivity contribution >= 4 is 28.9 Å². The van der Waals surface area contributed by atoms with E-state index in [1.54, 1.807) is 13.2 Å². The first kappa shape index (κ1) is 34.6. The zero-order valence-electron chi connectivity index (χ0n) is 28.8. The van der Waals surface area contributed by atoms with Crippen LogP contribution >= 0.6 is 0 Å². The summed E-state index contributed by atoms with van der Waals surface area (Å²) in [6.45, 7) is 8.92. The lowest BCUT2D eigenvalue weighted by Crippen LogP contribution is -2.55. The van der Waals surface area contributed by atoms with E-state index in [-0.39, 0.29) is 36.8 Å². The third-order valence-corrected chi connectivity index (χ3v) is 9.88. The number of rotatable bonds is 6. The van der Waals surface area contributed by atoms with E-state index in [4.69, 9.17) is 28.7 Å². The van der Waals surface area contributed by atoms with Crippen LogP contribution in [0.5, 0.6) is 17.4 Å². The Hall–Kier alpha value is -3.76. The van der Waals surface area contributed by atoms with E-state index in [0.717, 1.165) is 79.1 Å². The van der Waals surface area contributed by atoms with Gasteiger partial charge in [-0.2, -0.15) is 0 Å². The topological polar surface area (TPSA) is 126 Å². The van der Waals surface area contributed by atoms with Crippen LogP contribution in [0.2, 0.25) is 0 Å². The molecule has 2 aliphatic heterocycles. The van der Waals surface area contributed by atoms with Gasteiger partial charge in [0.25, 0.3) is 0 Å². The minimum Gasteiger partial charge on any atom is -0.496 e. The molecule has 1 aromatic heterocycles. The molecule has 3 atom stereocenters. The van der Waals surface area contributed by atoms with E-state index in [2.05, 4.69) is 32.2 Å². The Kier molecular flexibility index (Phi) is 11.0. The Morgan fingerprint density at radius 1 is 1.11 bits per heavy atom.